The Hall–Kier alpha value is -3.23. The highest BCUT2D eigenvalue weighted by molar-refractivity contribution is 5.72. The molecule has 0 spiro atoms. The van der Waals surface area contributed by atoms with Gasteiger partial charge in [-0.05, 0) is 24.3 Å². The van der Waals surface area contributed by atoms with Gasteiger partial charge in [0.25, 0.3) is 0 Å². The maximum absolute atomic E-state index is 9.00. The van der Waals surface area contributed by atoms with E-state index in [-0.39, 0.29) is 38.4 Å². The van der Waals surface area contributed by atoms with Gasteiger partial charge in [0.2, 0.25) is 5.95 Å². The van der Waals surface area contributed by atoms with Crippen LogP contribution in [0, 0.1) is 0 Å². The number of aliphatic hydroxyl groups is 2. The second kappa shape index (κ2) is 9.46. The lowest BCUT2D eigenvalue weighted by Gasteiger charge is -2.23. The number of aliphatic hydroxyl groups excluding tert-OH is 2. The van der Waals surface area contributed by atoms with Gasteiger partial charge in [0.15, 0.2) is 0 Å². The van der Waals surface area contributed by atoms with Crippen LogP contribution in [0.2, 0.25) is 0 Å². The van der Waals surface area contributed by atoms with E-state index in [1.54, 1.807) is 0 Å². The average Bonchev–Trinajstić information content (AvgIpc) is 2.72. The summed E-state index contributed by atoms with van der Waals surface area (Å²) < 4.78 is 10.7. The molecule has 0 atom stereocenters. The molecule has 0 bridgehead atoms. The van der Waals surface area contributed by atoms with Crippen LogP contribution in [0.15, 0.2) is 60.7 Å². The molecule has 0 aliphatic heterocycles. The van der Waals surface area contributed by atoms with Crippen molar-refractivity contribution in [2.45, 2.75) is 0 Å². The highest BCUT2D eigenvalue weighted by atomic mass is 16.5. The van der Waals surface area contributed by atoms with Crippen molar-refractivity contribution in [3.05, 3.63) is 60.7 Å². The maximum atomic E-state index is 9.00. The van der Waals surface area contributed by atoms with E-state index in [9.17, 15) is 0 Å². The fraction of sp³-hybridized carbons (Fsp3) is 0.211. The zero-order chi connectivity index (χ0) is 18.9. The standard InChI is InChI=1S/C19H20N4O4/c24-11-13-26-18-20-17(21-19(22-18)27-14-12-25)23(15-7-3-1-4-8-15)16-9-5-2-6-10-16/h1-10,24-25H,11-14H2. The molecule has 3 rings (SSSR count). The van der Waals surface area contributed by atoms with Gasteiger partial charge in [0, 0.05) is 11.4 Å². The van der Waals surface area contributed by atoms with Crippen LogP contribution in [0.25, 0.3) is 0 Å². The normalized spacial score (nSPS) is 10.4. The molecule has 1 heterocycles. The minimum Gasteiger partial charge on any atom is -0.461 e. The molecule has 140 valence electrons. The number of benzene rings is 2. The molecule has 0 radical (unpaired) electrons. The lowest BCUT2D eigenvalue weighted by Crippen LogP contribution is -2.16. The first-order valence-electron chi connectivity index (χ1n) is 8.45. The highest BCUT2D eigenvalue weighted by Crippen LogP contribution is 2.32. The molecule has 0 saturated carbocycles. The first-order chi connectivity index (χ1) is 13.3. The molecule has 1 aromatic heterocycles. The second-order valence-corrected chi connectivity index (χ2v) is 5.35. The minimum absolute atomic E-state index is 0.0267. The third-order valence-electron chi connectivity index (χ3n) is 3.46. The van der Waals surface area contributed by atoms with Gasteiger partial charge in [-0.2, -0.15) is 9.97 Å². The summed E-state index contributed by atoms with van der Waals surface area (Å²) in [6.07, 6.45) is 0. The van der Waals surface area contributed by atoms with Crippen molar-refractivity contribution in [1.82, 2.24) is 15.0 Å². The van der Waals surface area contributed by atoms with Crippen LogP contribution < -0.4 is 14.4 Å². The molecule has 0 saturated heterocycles. The van der Waals surface area contributed by atoms with Gasteiger partial charge in [-0.1, -0.05) is 36.4 Å². The van der Waals surface area contributed by atoms with E-state index in [1.807, 2.05) is 65.6 Å². The summed E-state index contributed by atoms with van der Waals surface area (Å²) >= 11 is 0. The Morgan fingerprint density at radius 2 is 1.11 bits per heavy atom. The van der Waals surface area contributed by atoms with Crippen LogP contribution in [0.1, 0.15) is 0 Å². The van der Waals surface area contributed by atoms with Crippen molar-refractivity contribution in [2.24, 2.45) is 0 Å². The third kappa shape index (κ3) is 4.90. The molecule has 0 fully saturated rings. The minimum atomic E-state index is -0.172. The van der Waals surface area contributed by atoms with E-state index < -0.39 is 0 Å². The highest BCUT2D eigenvalue weighted by Gasteiger charge is 2.18. The van der Waals surface area contributed by atoms with Gasteiger partial charge >= 0.3 is 12.0 Å². The van der Waals surface area contributed by atoms with Crippen molar-refractivity contribution in [2.75, 3.05) is 31.3 Å². The first kappa shape index (κ1) is 18.6. The zero-order valence-electron chi connectivity index (χ0n) is 14.6. The molecule has 2 N–H and O–H groups in total. The number of para-hydroxylation sites is 2. The van der Waals surface area contributed by atoms with Crippen molar-refractivity contribution >= 4 is 17.3 Å². The molecule has 0 aliphatic carbocycles. The van der Waals surface area contributed by atoms with Crippen molar-refractivity contribution in [3.8, 4) is 12.0 Å². The van der Waals surface area contributed by atoms with E-state index >= 15 is 0 Å². The van der Waals surface area contributed by atoms with Crippen LogP contribution in [0.3, 0.4) is 0 Å². The molecule has 0 aliphatic rings. The molecule has 2 aromatic carbocycles. The number of hydrogen-bond donors (Lipinski definition) is 2. The van der Waals surface area contributed by atoms with Crippen molar-refractivity contribution in [1.29, 1.82) is 0 Å². The van der Waals surface area contributed by atoms with Gasteiger partial charge in [0.05, 0.1) is 13.2 Å². The maximum Gasteiger partial charge on any atom is 0.324 e. The fourth-order valence-electron chi connectivity index (χ4n) is 2.37. The topological polar surface area (TPSA) is 101 Å². The SMILES string of the molecule is OCCOc1nc(OCCO)nc(N(c2ccccc2)c2ccccc2)n1. The monoisotopic (exact) mass is 368 g/mol. The molecule has 0 amide bonds. The van der Waals surface area contributed by atoms with Crippen molar-refractivity contribution in [3.63, 3.8) is 0 Å². The summed E-state index contributed by atoms with van der Waals surface area (Å²) in [6, 6.07) is 19.3. The van der Waals surface area contributed by atoms with Gasteiger partial charge in [-0.25, -0.2) is 0 Å². The molecular weight excluding hydrogens is 348 g/mol. The Kier molecular flexibility index (Phi) is 6.50. The molecule has 8 heteroatoms. The molecule has 8 nitrogen and oxygen atoms in total. The summed E-state index contributed by atoms with van der Waals surface area (Å²) in [5.41, 5.74) is 1.69. The Morgan fingerprint density at radius 1 is 0.667 bits per heavy atom. The Balaban J connectivity index is 2.07. The summed E-state index contributed by atoms with van der Waals surface area (Å²) in [4.78, 5) is 14.6. The fourth-order valence-corrected chi connectivity index (χ4v) is 2.37. The zero-order valence-corrected chi connectivity index (χ0v) is 14.6. The third-order valence-corrected chi connectivity index (χ3v) is 3.46. The van der Waals surface area contributed by atoms with E-state index in [0.717, 1.165) is 11.4 Å². The van der Waals surface area contributed by atoms with Gasteiger partial charge in [0.1, 0.15) is 13.2 Å². The lowest BCUT2D eigenvalue weighted by atomic mass is 10.2. The number of anilines is 3. The largest absolute Gasteiger partial charge is 0.461 e. The van der Waals surface area contributed by atoms with E-state index in [4.69, 9.17) is 19.7 Å². The van der Waals surface area contributed by atoms with E-state index in [2.05, 4.69) is 15.0 Å². The molecular formula is C19H20N4O4. The smallest absolute Gasteiger partial charge is 0.324 e. The molecule has 3 aromatic rings. The van der Waals surface area contributed by atoms with Gasteiger partial charge < -0.3 is 19.7 Å². The Morgan fingerprint density at radius 3 is 1.52 bits per heavy atom. The molecule has 27 heavy (non-hydrogen) atoms. The first-order valence-corrected chi connectivity index (χ1v) is 8.45. The van der Waals surface area contributed by atoms with Gasteiger partial charge in [-0.15, -0.1) is 4.98 Å². The Labute approximate surface area is 156 Å². The lowest BCUT2D eigenvalue weighted by molar-refractivity contribution is 0.177. The second-order valence-electron chi connectivity index (χ2n) is 5.35. The van der Waals surface area contributed by atoms with Gasteiger partial charge in [-0.3, -0.25) is 4.90 Å². The van der Waals surface area contributed by atoms with E-state index in [0.29, 0.717) is 5.95 Å². The summed E-state index contributed by atoms with van der Waals surface area (Å²) in [6.45, 7) is -0.261. The number of aromatic nitrogens is 3. The quantitative estimate of drug-likeness (QED) is 0.592. The van der Waals surface area contributed by atoms with Crippen LogP contribution in [0.5, 0.6) is 12.0 Å². The number of nitrogens with zero attached hydrogens (tertiary/aromatic N) is 4. The average molecular weight is 368 g/mol. The number of ether oxygens (including phenoxy) is 2. The summed E-state index contributed by atoms with van der Waals surface area (Å²) in [7, 11) is 0. The summed E-state index contributed by atoms with van der Waals surface area (Å²) in [5.74, 6) is 0.295. The number of hydrogen-bond acceptors (Lipinski definition) is 8. The van der Waals surface area contributed by atoms with Crippen molar-refractivity contribution < 1.29 is 19.7 Å². The predicted molar refractivity (Wildman–Crippen MR) is 99.7 cm³/mol. The Bertz CT molecular complexity index is 768. The number of rotatable bonds is 9. The van der Waals surface area contributed by atoms with Crippen LogP contribution in [0.4, 0.5) is 17.3 Å². The van der Waals surface area contributed by atoms with Crippen LogP contribution in [-0.2, 0) is 0 Å². The van der Waals surface area contributed by atoms with Crippen LogP contribution >= 0.6 is 0 Å². The summed E-state index contributed by atoms with van der Waals surface area (Å²) in [5, 5.41) is 18.0. The predicted octanol–water partition coefficient (Wildman–Crippen LogP) is 2.08. The van der Waals surface area contributed by atoms with Crippen LogP contribution in [-0.4, -0.2) is 51.6 Å². The van der Waals surface area contributed by atoms with E-state index in [1.165, 1.54) is 0 Å². The molecule has 0 unspecified atom stereocenters.